The number of rotatable bonds is 3. The Morgan fingerprint density at radius 2 is 1.86 bits per heavy atom. The number of hydrogen-bond acceptors (Lipinski definition) is 6. The van der Waals surface area contributed by atoms with Gasteiger partial charge >= 0.3 is 0 Å². The van der Waals surface area contributed by atoms with Crippen LogP contribution in [0, 0.1) is 0 Å². The molecule has 3 rings (SSSR count). The van der Waals surface area contributed by atoms with E-state index in [1.165, 1.54) is 0 Å². The van der Waals surface area contributed by atoms with Crippen LogP contribution in [0.1, 0.15) is 5.69 Å². The molecule has 0 bridgehead atoms. The maximum atomic E-state index is 5.78. The summed E-state index contributed by atoms with van der Waals surface area (Å²) in [6, 6.07) is 7.73. The quantitative estimate of drug-likeness (QED) is 0.915. The van der Waals surface area contributed by atoms with Crippen LogP contribution in [-0.4, -0.2) is 53.1 Å². The second-order valence-electron chi connectivity index (χ2n) is 5.25. The summed E-state index contributed by atoms with van der Waals surface area (Å²) in [6.45, 7) is 4.33. The van der Waals surface area contributed by atoms with Crippen LogP contribution in [0.2, 0.25) is 0 Å². The van der Waals surface area contributed by atoms with Crippen molar-refractivity contribution >= 4 is 18.4 Å². The van der Waals surface area contributed by atoms with Gasteiger partial charge in [0, 0.05) is 38.9 Å². The molecule has 0 radical (unpaired) electrons. The van der Waals surface area contributed by atoms with E-state index < -0.39 is 0 Å². The Hall–Kier alpha value is -1.76. The first-order chi connectivity index (χ1) is 10.3. The van der Waals surface area contributed by atoms with Crippen molar-refractivity contribution in [3.63, 3.8) is 0 Å². The molecule has 0 amide bonds. The predicted molar refractivity (Wildman–Crippen MR) is 90.1 cm³/mol. The third-order valence-electron chi connectivity index (χ3n) is 3.69. The Balaban J connectivity index is 0.00000176. The van der Waals surface area contributed by atoms with E-state index in [1.807, 2.05) is 24.3 Å². The molecule has 1 saturated heterocycles. The van der Waals surface area contributed by atoms with Gasteiger partial charge in [0.05, 0.1) is 17.1 Å². The van der Waals surface area contributed by atoms with Gasteiger partial charge in [-0.2, -0.15) is 0 Å². The number of likely N-dealkylation sites (N-methyl/N-ethyl adjacent to an activating group) is 1. The number of hydrogen-bond donors (Lipinski definition) is 1. The van der Waals surface area contributed by atoms with Gasteiger partial charge in [0.15, 0.2) is 0 Å². The lowest BCUT2D eigenvalue weighted by Crippen LogP contribution is -2.45. The van der Waals surface area contributed by atoms with E-state index in [9.17, 15) is 0 Å². The van der Waals surface area contributed by atoms with Crippen molar-refractivity contribution in [2.45, 2.75) is 6.54 Å². The molecule has 1 aliphatic rings. The van der Waals surface area contributed by atoms with E-state index in [0.29, 0.717) is 6.54 Å². The van der Waals surface area contributed by atoms with Gasteiger partial charge in [-0.05, 0) is 25.2 Å². The Morgan fingerprint density at radius 1 is 1.09 bits per heavy atom. The van der Waals surface area contributed by atoms with Gasteiger partial charge in [0.1, 0.15) is 0 Å². The van der Waals surface area contributed by atoms with Crippen molar-refractivity contribution in [1.82, 2.24) is 19.9 Å². The molecule has 0 atom stereocenters. The summed E-state index contributed by atoms with van der Waals surface area (Å²) in [7, 11) is 2.13. The third-order valence-corrected chi connectivity index (χ3v) is 3.69. The van der Waals surface area contributed by atoms with Gasteiger partial charge in [-0.15, -0.1) is 12.4 Å². The molecule has 0 saturated carbocycles. The standard InChI is InChI=1S/C15H20N6.ClH/c1-20-6-8-21(9-7-20)15-18-12(11-16)10-14(19-15)13-4-2-3-5-17-13;/h2-5,10H,6-9,11,16H2,1H3;1H. The average molecular weight is 321 g/mol. The molecule has 22 heavy (non-hydrogen) atoms. The molecule has 2 aromatic heterocycles. The normalized spacial score (nSPS) is 15.5. The number of anilines is 1. The highest BCUT2D eigenvalue weighted by molar-refractivity contribution is 5.85. The fraction of sp³-hybridized carbons (Fsp3) is 0.400. The van der Waals surface area contributed by atoms with Gasteiger partial charge < -0.3 is 15.5 Å². The molecule has 2 aromatic rings. The molecule has 2 N–H and O–H groups in total. The number of piperazine rings is 1. The van der Waals surface area contributed by atoms with E-state index in [1.54, 1.807) is 6.20 Å². The van der Waals surface area contributed by atoms with E-state index in [0.717, 1.165) is 49.2 Å². The van der Waals surface area contributed by atoms with Crippen LogP contribution in [0.5, 0.6) is 0 Å². The Bertz CT molecular complexity index is 598. The van der Waals surface area contributed by atoms with Gasteiger partial charge in [0.2, 0.25) is 5.95 Å². The lowest BCUT2D eigenvalue weighted by atomic mass is 10.2. The van der Waals surface area contributed by atoms with E-state index >= 15 is 0 Å². The van der Waals surface area contributed by atoms with Crippen molar-refractivity contribution in [3.05, 3.63) is 36.2 Å². The van der Waals surface area contributed by atoms with Crippen LogP contribution in [0.4, 0.5) is 5.95 Å². The van der Waals surface area contributed by atoms with Gasteiger partial charge in [-0.1, -0.05) is 6.07 Å². The fourth-order valence-electron chi connectivity index (χ4n) is 2.38. The first-order valence-corrected chi connectivity index (χ1v) is 7.19. The van der Waals surface area contributed by atoms with Crippen LogP contribution in [0.15, 0.2) is 30.5 Å². The summed E-state index contributed by atoms with van der Waals surface area (Å²) in [5, 5.41) is 0. The zero-order chi connectivity index (χ0) is 14.7. The highest BCUT2D eigenvalue weighted by Gasteiger charge is 2.18. The Kier molecular flexibility index (Phi) is 5.65. The summed E-state index contributed by atoms with van der Waals surface area (Å²) >= 11 is 0. The first-order valence-electron chi connectivity index (χ1n) is 7.19. The maximum Gasteiger partial charge on any atom is 0.226 e. The summed E-state index contributed by atoms with van der Waals surface area (Å²) in [5.41, 5.74) is 8.31. The second-order valence-corrected chi connectivity index (χ2v) is 5.25. The average Bonchev–Trinajstić information content (AvgIpc) is 2.56. The number of aromatic nitrogens is 3. The molecule has 3 heterocycles. The highest BCUT2D eigenvalue weighted by atomic mass is 35.5. The molecule has 0 spiro atoms. The SMILES string of the molecule is CN1CCN(c2nc(CN)cc(-c3ccccn3)n2)CC1.Cl. The first kappa shape index (κ1) is 16.6. The van der Waals surface area contributed by atoms with Crippen LogP contribution in [0.3, 0.4) is 0 Å². The number of nitrogens with zero attached hydrogens (tertiary/aromatic N) is 5. The van der Waals surface area contributed by atoms with Crippen LogP contribution in [0.25, 0.3) is 11.4 Å². The van der Waals surface area contributed by atoms with E-state index in [2.05, 4.69) is 31.8 Å². The van der Waals surface area contributed by atoms with Crippen molar-refractivity contribution < 1.29 is 0 Å². The van der Waals surface area contributed by atoms with E-state index in [4.69, 9.17) is 5.73 Å². The minimum Gasteiger partial charge on any atom is -0.338 e. The molecule has 118 valence electrons. The minimum atomic E-state index is 0. The summed E-state index contributed by atoms with van der Waals surface area (Å²) < 4.78 is 0. The maximum absolute atomic E-state index is 5.78. The lowest BCUT2D eigenvalue weighted by Gasteiger charge is -2.32. The summed E-state index contributed by atoms with van der Waals surface area (Å²) in [4.78, 5) is 18.1. The smallest absolute Gasteiger partial charge is 0.226 e. The van der Waals surface area contributed by atoms with Crippen LogP contribution >= 0.6 is 12.4 Å². The molecule has 7 heteroatoms. The Labute approximate surface area is 136 Å². The molecule has 1 fully saturated rings. The van der Waals surface area contributed by atoms with Gasteiger partial charge in [-0.25, -0.2) is 9.97 Å². The topological polar surface area (TPSA) is 71.2 Å². The van der Waals surface area contributed by atoms with Crippen molar-refractivity contribution in [2.24, 2.45) is 5.73 Å². The highest BCUT2D eigenvalue weighted by Crippen LogP contribution is 2.19. The second kappa shape index (κ2) is 7.49. The van der Waals surface area contributed by atoms with Crippen molar-refractivity contribution in [2.75, 3.05) is 38.1 Å². The summed E-state index contributed by atoms with van der Waals surface area (Å²) in [5.74, 6) is 0.756. The van der Waals surface area contributed by atoms with Gasteiger partial charge in [0.25, 0.3) is 0 Å². The van der Waals surface area contributed by atoms with Crippen molar-refractivity contribution in [1.29, 1.82) is 0 Å². The molecule has 0 unspecified atom stereocenters. The van der Waals surface area contributed by atoms with Gasteiger partial charge in [-0.3, -0.25) is 4.98 Å². The van der Waals surface area contributed by atoms with Crippen LogP contribution in [-0.2, 0) is 6.54 Å². The minimum absolute atomic E-state index is 0. The fourth-order valence-corrected chi connectivity index (χ4v) is 2.38. The largest absolute Gasteiger partial charge is 0.338 e. The van der Waals surface area contributed by atoms with Crippen LogP contribution < -0.4 is 10.6 Å². The molecule has 0 aromatic carbocycles. The number of pyridine rings is 1. The monoisotopic (exact) mass is 320 g/mol. The zero-order valence-corrected chi connectivity index (χ0v) is 13.5. The molecular weight excluding hydrogens is 300 g/mol. The Morgan fingerprint density at radius 3 is 2.50 bits per heavy atom. The third kappa shape index (κ3) is 3.71. The molecule has 1 aliphatic heterocycles. The molecule has 6 nitrogen and oxygen atoms in total. The van der Waals surface area contributed by atoms with Crippen molar-refractivity contribution in [3.8, 4) is 11.4 Å². The molecular formula is C15H21ClN6. The molecule has 0 aliphatic carbocycles. The summed E-state index contributed by atoms with van der Waals surface area (Å²) in [6.07, 6.45) is 1.77. The predicted octanol–water partition coefficient (Wildman–Crippen LogP) is 1.17. The lowest BCUT2D eigenvalue weighted by molar-refractivity contribution is 0.311. The number of halogens is 1. The zero-order valence-electron chi connectivity index (χ0n) is 12.6. The van der Waals surface area contributed by atoms with E-state index in [-0.39, 0.29) is 12.4 Å². The number of nitrogens with two attached hydrogens (primary N) is 1.